The van der Waals surface area contributed by atoms with Gasteiger partial charge in [0, 0.05) is 18.3 Å². The maximum atomic E-state index is 13.1. The first-order chi connectivity index (χ1) is 12.2. The Balaban J connectivity index is 1.54. The number of hydrogen-bond acceptors (Lipinski definition) is 4. The summed E-state index contributed by atoms with van der Waals surface area (Å²) in [6.45, 7) is 4.64. The molecule has 1 fully saturated rings. The second-order valence-electron chi connectivity index (χ2n) is 6.75. The van der Waals surface area contributed by atoms with Crippen molar-refractivity contribution in [2.75, 3.05) is 19.8 Å². The van der Waals surface area contributed by atoms with Gasteiger partial charge in [-0.1, -0.05) is 0 Å². The smallest absolute Gasteiger partial charge is 0.254 e. The Morgan fingerprint density at radius 2 is 2.08 bits per heavy atom. The van der Waals surface area contributed by atoms with Crippen LogP contribution in [0, 0.1) is 6.92 Å². The number of amides is 1. The molecule has 0 spiro atoms. The highest BCUT2D eigenvalue weighted by Crippen LogP contribution is 2.32. The van der Waals surface area contributed by atoms with E-state index in [1.165, 1.54) is 0 Å². The summed E-state index contributed by atoms with van der Waals surface area (Å²) in [5.74, 6) is 1.43. The van der Waals surface area contributed by atoms with Crippen molar-refractivity contribution in [2.45, 2.75) is 38.8 Å². The molecule has 1 saturated heterocycles. The minimum absolute atomic E-state index is 0.0607. The van der Waals surface area contributed by atoms with Crippen LogP contribution in [-0.4, -0.2) is 46.4 Å². The lowest BCUT2D eigenvalue weighted by atomic mass is 10.0. The third kappa shape index (κ3) is 3.34. The van der Waals surface area contributed by atoms with E-state index in [-0.39, 0.29) is 11.9 Å². The van der Waals surface area contributed by atoms with E-state index in [1.807, 2.05) is 41.0 Å². The molecular weight excluding hydrogens is 318 g/mol. The molecule has 1 amide bonds. The molecule has 6 nitrogen and oxygen atoms in total. The van der Waals surface area contributed by atoms with Gasteiger partial charge in [-0.05, 0) is 49.9 Å². The largest absolute Gasteiger partial charge is 0.486 e. The van der Waals surface area contributed by atoms with E-state index in [9.17, 15) is 4.79 Å². The number of benzene rings is 1. The molecule has 1 aromatic carbocycles. The van der Waals surface area contributed by atoms with E-state index in [4.69, 9.17) is 9.47 Å². The Labute approximate surface area is 147 Å². The van der Waals surface area contributed by atoms with Gasteiger partial charge in [0.15, 0.2) is 11.5 Å². The summed E-state index contributed by atoms with van der Waals surface area (Å²) < 4.78 is 13.1. The molecule has 25 heavy (non-hydrogen) atoms. The van der Waals surface area contributed by atoms with Gasteiger partial charge < -0.3 is 14.4 Å². The van der Waals surface area contributed by atoms with Crippen LogP contribution in [0.1, 0.15) is 35.2 Å². The van der Waals surface area contributed by atoms with E-state index in [2.05, 4.69) is 5.10 Å². The molecule has 6 heteroatoms. The molecule has 1 atom stereocenters. The van der Waals surface area contributed by atoms with Crippen molar-refractivity contribution in [2.24, 2.45) is 0 Å². The zero-order valence-electron chi connectivity index (χ0n) is 14.5. The van der Waals surface area contributed by atoms with Gasteiger partial charge in [0.1, 0.15) is 13.2 Å². The van der Waals surface area contributed by atoms with Crippen molar-refractivity contribution in [3.8, 4) is 11.5 Å². The van der Waals surface area contributed by atoms with Crippen LogP contribution >= 0.6 is 0 Å². The molecular formula is C19H23N3O3. The molecule has 0 saturated carbocycles. The molecule has 1 aromatic heterocycles. The number of likely N-dealkylation sites (tertiary alicyclic amines) is 1. The van der Waals surface area contributed by atoms with Gasteiger partial charge in [-0.3, -0.25) is 9.48 Å². The van der Waals surface area contributed by atoms with Crippen LogP contribution in [0.2, 0.25) is 0 Å². The SMILES string of the molecule is Cc1cnn(CC2CCCCN2C(=O)c2ccc3c(c2)OCCO3)c1. The first-order valence-electron chi connectivity index (χ1n) is 8.90. The third-order valence-corrected chi connectivity index (χ3v) is 4.84. The Morgan fingerprint density at radius 1 is 1.24 bits per heavy atom. The van der Waals surface area contributed by atoms with Crippen LogP contribution in [0.3, 0.4) is 0 Å². The zero-order valence-corrected chi connectivity index (χ0v) is 14.5. The lowest BCUT2D eigenvalue weighted by Crippen LogP contribution is -2.46. The second kappa shape index (κ2) is 6.78. The Kier molecular flexibility index (Phi) is 4.34. The number of aromatic nitrogens is 2. The molecule has 3 heterocycles. The van der Waals surface area contributed by atoms with E-state index in [0.29, 0.717) is 30.3 Å². The molecule has 2 aromatic rings. The Morgan fingerprint density at radius 3 is 2.88 bits per heavy atom. The van der Waals surface area contributed by atoms with Gasteiger partial charge in [0.2, 0.25) is 0 Å². The normalized spacial score (nSPS) is 19.7. The molecule has 0 bridgehead atoms. The van der Waals surface area contributed by atoms with Gasteiger partial charge >= 0.3 is 0 Å². The maximum absolute atomic E-state index is 13.1. The fourth-order valence-electron chi connectivity index (χ4n) is 3.58. The minimum Gasteiger partial charge on any atom is -0.486 e. The van der Waals surface area contributed by atoms with Crippen LogP contribution < -0.4 is 9.47 Å². The number of nitrogens with zero attached hydrogens (tertiary/aromatic N) is 3. The zero-order chi connectivity index (χ0) is 17.2. The van der Waals surface area contributed by atoms with Crippen molar-refractivity contribution in [3.63, 3.8) is 0 Å². The van der Waals surface area contributed by atoms with Crippen molar-refractivity contribution in [1.82, 2.24) is 14.7 Å². The number of aryl methyl sites for hydroxylation is 1. The van der Waals surface area contributed by atoms with E-state index < -0.39 is 0 Å². The van der Waals surface area contributed by atoms with Crippen LogP contribution in [-0.2, 0) is 6.54 Å². The van der Waals surface area contributed by atoms with Gasteiger partial charge in [0.25, 0.3) is 5.91 Å². The number of piperidine rings is 1. The average molecular weight is 341 g/mol. The lowest BCUT2D eigenvalue weighted by Gasteiger charge is -2.36. The third-order valence-electron chi connectivity index (χ3n) is 4.84. The van der Waals surface area contributed by atoms with Crippen molar-refractivity contribution < 1.29 is 14.3 Å². The summed E-state index contributed by atoms with van der Waals surface area (Å²) in [7, 11) is 0. The summed E-state index contributed by atoms with van der Waals surface area (Å²) in [4.78, 5) is 15.1. The first-order valence-corrected chi connectivity index (χ1v) is 8.90. The van der Waals surface area contributed by atoms with Crippen LogP contribution in [0.4, 0.5) is 0 Å². The van der Waals surface area contributed by atoms with E-state index >= 15 is 0 Å². The number of hydrogen-bond donors (Lipinski definition) is 0. The van der Waals surface area contributed by atoms with Gasteiger partial charge in [-0.25, -0.2) is 0 Å². The summed E-state index contributed by atoms with van der Waals surface area (Å²) in [6.07, 6.45) is 7.09. The predicted octanol–water partition coefficient (Wildman–Crippen LogP) is 2.66. The fourth-order valence-corrected chi connectivity index (χ4v) is 3.58. The highest BCUT2D eigenvalue weighted by molar-refractivity contribution is 5.95. The Hall–Kier alpha value is -2.50. The molecule has 132 valence electrons. The molecule has 2 aliphatic heterocycles. The number of rotatable bonds is 3. The lowest BCUT2D eigenvalue weighted by molar-refractivity contribution is 0.0583. The van der Waals surface area contributed by atoms with Gasteiger partial charge in [-0.2, -0.15) is 5.10 Å². The van der Waals surface area contributed by atoms with E-state index in [0.717, 1.165) is 37.9 Å². The molecule has 1 unspecified atom stereocenters. The molecule has 2 aliphatic rings. The summed E-state index contributed by atoms with van der Waals surface area (Å²) in [5, 5.41) is 4.38. The highest BCUT2D eigenvalue weighted by Gasteiger charge is 2.28. The number of ether oxygens (including phenoxy) is 2. The summed E-state index contributed by atoms with van der Waals surface area (Å²) >= 11 is 0. The number of fused-ring (bicyclic) bond motifs is 1. The number of carbonyl (C=O) groups is 1. The van der Waals surface area contributed by atoms with Crippen LogP contribution in [0.15, 0.2) is 30.6 Å². The molecule has 0 N–H and O–H groups in total. The van der Waals surface area contributed by atoms with E-state index in [1.54, 1.807) is 6.07 Å². The van der Waals surface area contributed by atoms with Crippen molar-refractivity contribution in [1.29, 1.82) is 0 Å². The molecule has 0 radical (unpaired) electrons. The fraction of sp³-hybridized carbons (Fsp3) is 0.474. The monoisotopic (exact) mass is 341 g/mol. The minimum atomic E-state index is 0.0607. The van der Waals surface area contributed by atoms with Crippen molar-refractivity contribution >= 4 is 5.91 Å². The first kappa shape index (κ1) is 16.0. The maximum Gasteiger partial charge on any atom is 0.254 e. The average Bonchev–Trinajstić information content (AvgIpc) is 3.06. The molecule has 4 rings (SSSR count). The topological polar surface area (TPSA) is 56.6 Å². The summed E-state index contributed by atoms with van der Waals surface area (Å²) in [6, 6.07) is 5.64. The van der Waals surface area contributed by atoms with Crippen LogP contribution in [0.5, 0.6) is 11.5 Å². The molecule has 0 aliphatic carbocycles. The Bertz CT molecular complexity index is 771. The standard InChI is InChI=1S/C19H23N3O3/c1-14-11-20-21(12-14)13-16-4-2-3-7-22(16)19(23)15-5-6-17-18(10-15)25-9-8-24-17/h5-6,10-12,16H,2-4,7-9,13H2,1H3. The summed E-state index contributed by atoms with van der Waals surface area (Å²) in [5.41, 5.74) is 1.80. The van der Waals surface area contributed by atoms with Crippen molar-refractivity contribution in [3.05, 3.63) is 41.7 Å². The highest BCUT2D eigenvalue weighted by atomic mass is 16.6. The van der Waals surface area contributed by atoms with Gasteiger partial charge in [0.05, 0.1) is 18.8 Å². The van der Waals surface area contributed by atoms with Gasteiger partial charge in [-0.15, -0.1) is 0 Å². The quantitative estimate of drug-likeness (QED) is 0.861. The number of carbonyl (C=O) groups excluding carboxylic acids is 1. The predicted molar refractivity (Wildman–Crippen MR) is 93.1 cm³/mol. The van der Waals surface area contributed by atoms with Crippen LogP contribution in [0.25, 0.3) is 0 Å². The second-order valence-corrected chi connectivity index (χ2v) is 6.75.